The number of anilines is 1. The maximum atomic E-state index is 11.8. The van der Waals surface area contributed by atoms with Crippen LogP contribution in [0.2, 0.25) is 0 Å². The van der Waals surface area contributed by atoms with Crippen LogP contribution >= 0.6 is 0 Å². The van der Waals surface area contributed by atoms with Crippen LogP contribution < -0.4 is 10.6 Å². The number of imidazole rings is 1. The Kier molecular flexibility index (Phi) is 3.83. The predicted molar refractivity (Wildman–Crippen MR) is 93.3 cm³/mol. The van der Waals surface area contributed by atoms with Crippen molar-refractivity contribution in [2.24, 2.45) is 0 Å². The number of nitrogens with zero attached hydrogens (tertiary/aromatic N) is 4. The molecule has 0 spiro atoms. The standard InChI is InChI=1S/C17H15N7O/c25-17(23-13-9-21-22-10-13)19-8-12-5-6-16(18-7-12)24-11-20-14-3-1-2-4-15(14)24/h1-7,9-11H,8H2,(H,21,22)(H2,19,23,25). The number of amides is 2. The van der Waals surface area contributed by atoms with Gasteiger partial charge in [-0.3, -0.25) is 9.67 Å². The smallest absolute Gasteiger partial charge is 0.319 e. The molecule has 4 rings (SSSR count). The third-order valence-electron chi connectivity index (χ3n) is 3.72. The van der Waals surface area contributed by atoms with Crippen LogP contribution in [0, 0.1) is 0 Å². The Hall–Kier alpha value is -3.68. The molecule has 0 aliphatic heterocycles. The van der Waals surface area contributed by atoms with Gasteiger partial charge in [-0.15, -0.1) is 0 Å². The Morgan fingerprint density at radius 1 is 1.12 bits per heavy atom. The number of carbonyl (C=O) groups excluding carboxylic acids is 1. The fourth-order valence-corrected chi connectivity index (χ4v) is 2.48. The molecule has 0 saturated heterocycles. The van der Waals surface area contributed by atoms with E-state index in [0.717, 1.165) is 22.4 Å². The van der Waals surface area contributed by atoms with Crippen LogP contribution in [-0.2, 0) is 6.54 Å². The second-order valence-electron chi connectivity index (χ2n) is 5.42. The van der Waals surface area contributed by atoms with Crippen molar-refractivity contribution in [3.63, 3.8) is 0 Å². The van der Waals surface area contributed by atoms with Gasteiger partial charge in [0.2, 0.25) is 0 Å². The van der Waals surface area contributed by atoms with Crippen LogP contribution in [0.25, 0.3) is 16.9 Å². The van der Waals surface area contributed by atoms with Crippen LogP contribution in [0.4, 0.5) is 10.5 Å². The molecule has 0 bridgehead atoms. The normalized spacial score (nSPS) is 10.7. The molecule has 0 radical (unpaired) electrons. The van der Waals surface area contributed by atoms with Gasteiger partial charge in [0.25, 0.3) is 0 Å². The highest BCUT2D eigenvalue weighted by Gasteiger charge is 2.06. The van der Waals surface area contributed by atoms with Gasteiger partial charge < -0.3 is 10.6 Å². The first-order chi connectivity index (χ1) is 12.3. The molecule has 4 aromatic rings. The van der Waals surface area contributed by atoms with Gasteiger partial charge in [0.1, 0.15) is 12.1 Å². The lowest BCUT2D eigenvalue weighted by atomic mass is 10.2. The molecule has 25 heavy (non-hydrogen) atoms. The Morgan fingerprint density at radius 2 is 2.04 bits per heavy atom. The van der Waals surface area contributed by atoms with Crippen molar-refractivity contribution in [1.29, 1.82) is 0 Å². The molecular weight excluding hydrogens is 318 g/mol. The minimum atomic E-state index is -0.300. The number of nitrogens with one attached hydrogen (secondary N) is 3. The molecule has 0 saturated carbocycles. The Bertz CT molecular complexity index is 989. The summed E-state index contributed by atoms with van der Waals surface area (Å²) in [6.45, 7) is 0.377. The minimum absolute atomic E-state index is 0.300. The Morgan fingerprint density at radius 3 is 2.84 bits per heavy atom. The van der Waals surface area contributed by atoms with E-state index in [1.54, 1.807) is 18.7 Å². The summed E-state index contributed by atoms with van der Waals surface area (Å²) in [4.78, 5) is 20.6. The fraction of sp³-hybridized carbons (Fsp3) is 0.0588. The number of para-hydroxylation sites is 2. The zero-order valence-corrected chi connectivity index (χ0v) is 13.2. The summed E-state index contributed by atoms with van der Waals surface area (Å²) >= 11 is 0. The van der Waals surface area contributed by atoms with Crippen molar-refractivity contribution in [2.75, 3.05) is 5.32 Å². The van der Waals surface area contributed by atoms with E-state index in [0.29, 0.717) is 12.2 Å². The van der Waals surface area contributed by atoms with Gasteiger partial charge in [-0.2, -0.15) is 5.10 Å². The van der Waals surface area contributed by atoms with Crippen molar-refractivity contribution in [3.05, 3.63) is 66.9 Å². The predicted octanol–water partition coefficient (Wildman–Crippen LogP) is 2.47. The molecule has 8 nitrogen and oxygen atoms in total. The number of H-pyrrole nitrogens is 1. The maximum Gasteiger partial charge on any atom is 0.319 e. The summed E-state index contributed by atoms with van der Waals surface area (Å²) in [5.41, 5.74) is 3.43. The molecule has 1 aromatic carbocycles. The first-order valence-electron chi connectivity index (χ1n) is 7.70. The van der Waals surface area contributed by atoms with E-state index in [1.807, 2.05) is 41.0 Å². The largest absolute Gasteiger partial charge is 0.334 e. The van der Waals surface area contributed by atoms with Gasteiger partial charge in [-0.05, 0) is 23.8 Å². The summed E-state index contributed by atoms with van der Waals surface area (Å²) in [6.07, 6.45) is 6.63. The quantitative estimate of drug-likeness (QED) is 0.534. The number of rotatable bonds is 4. The molecule has 8 heteroatoms. The molecule has 0 fully saturated rings. The highest BCUT2D eigenvalue weighted by atomic mass is 16.2. The SMILES string of the molecule is O=C(NCc1ccc(-n2cnc3ccccc32)nc1)Nc1cn[nH]c1. The number of aromatic amines is 1. The molecule has 2 amide bonds. The van der Waals surface area contributed by atoms with Crippen LogP contribution in [0.3, 0.4) is 0 Å². The lowest BCUT2D eigenvalue weighted by molar-refractivity contribution is 0.251. The number of urea groups is 1. The molecular formula is C17H15N7O. The second kappa shape index (κ2) is 6.44. The number of hydrogen-bond donors (Lipinski definition) is 3. The van der Waals surface area contributed by atoms with Crippen molar-refractivity contribution < 1.29 is 4.79 Å². The molecule has 0 aliphatic carbocycles. The van der Waals surface area contributed by atoms with Gasteiger partial charge in [0, 0.05) is 18.9 Å². The van der Waals surface area contributed by atoms with E-state index in [2.05, 4.69) is 30.8 Å². The van der Waals surface area contributed by atoms with Crippen molar-refractivity contribution in [1.82, 2.24) is 30.0 Å². The number of benzene rings is 1. The lowest BCUT2D eigenvalue weighted by Crippen LogP contribution is -2.28. The lowest BCUT2D eigenvalue weighted by Gasteiger charge is -2.07. The van der Waals surface area contributed by atoms with Crippen molar-refractivity contribution in [3.8, 4) is 5.82 Å². The molecule has 3 aromatic heterocycles. The number of fused-ring (bicyclic) bond motifs is 1. The van der Waals surface area contributed by atoms with E-state index in [9.17, 15) is 4.79 Å². The second-order valence-corrected chi connectivity index (χ2v) is 5.42. The number of pyridine rings is 1. The number of carbonyl (C=O) groups is 1. The van der Waals surface area contributed by atoms with E-state index < -0.39 is 0 Å². The highest BCUT2D eigenvalue weighted by molar-refractivity contribution is 5.88. The van der Waals surface area contributed by atoms with Crippen molar-refractivity contribution >= 4 is 22.8 Å². The van der Waals surface area contributed by atoms with E-state index in [-0.39, 0.29) is 6.03 Å². The molecule has 124 valence electrons. The molecule has 3 N–H and O–H groups in total. The molecule has 0 aliphatic rings. The van der Waals surface area contributed by atoms with E-state index >= 15 is 0 Å². The summed E-state index contributed by atoms with van der Waals surface area (Å²) < 4.78 is 1.93. The summed E-state index contributed by atoms with van der Waals surface area (Å²) in [5.74, 6) is 0.778. The summed E-state index contributed by atoms with van der Waals surface area (Å²) in [5, 5.41) is 11.8. The fourth-order valence-electron chi connectivity index (χ4n) is 2.48. The van der Waals surface area contributed by atoms with Gasteiger partial charge in [-0.25, -0.2) is 14.8 Å². The number of aromatic nitrogens is 5. The van der Waals surface area contributed by atoms with Crippen LogP contribution in [-0.4, -0.2) is 30.8 Å². The van der Waals surface area contributed by atoms with E-state index in [1.165, 1.54) is 6.20 Å². The third kappa shape index (κ3) is 3.18. The minimum Gasteiger partial charge on any atom is -0.334 e. The first kappa shape index (κ1) is 14.9. The molecule has 0 atom stereocenters. The monoisotopic (exact) mass is 333 g/mol. The van der Waals surface area contributed by atoms with Crippen LogP contribution in [0.1, 0.15) is 5.56 Å². The zero-order valence-electron chi connectivity index (χ0n) is 13.2. The van der Waals surface area contributed by atoms with E-state index in [4.69, 9.17) is 0 Å². The number of hydrogen-bond acceptors (Lipinski definition) is 4. The summed E-state index contributed by atoms with van der Waals surface area (Å²) in [7, 11) is 0. The van der Waals surface area contributed by atoms with Gasteiger partial charge in [0.15, 0.2) is 0 Å². The zero-order chi connectivity index (χ0) is 17.1. The van der Waals surface area contributed by atoms with Crippen LogP contribution in [0.15, 0.2) is 61.3 Å². The average Bonchev–Trinajstić information content (AvgIpc) is 3.30. The van der Waals surface area contributed by atoms with Gasteiger partial charge >= 0.3 is 6.03 Å². The van der Waals surface area contributed by atoms with Crippen molar-refractivity contribution in [2.45, 2.75) is 6.54 Å². The summed E-state index contributed by atoms with van der Waals surface area (Å²) in [6, 6.07) is 11.4. The van der Waals surface area contributed by atoms with Crippen LogP contribution in [0.5, 0.6) is 0 Å². The average molecular weight is 333 g/mol. The van der Waals surface area contributed by atoms with Gasteiger partial charge in [-0.1, -0.05) is 18.2 Å². The highest BCUT2D eigenvalue weighted by Crippen LogP contribution is 2.16. The van der Waals surface area contributed by atoms with Gasteiger partial charge in [0.05, 0.1) is 22.9 Å². The third-order valence-corrected chi connectivity index (χ3v) is 3.72. The molecule has 3 heterocycles. The Balaban J connectivity index is 1.42. The topological polar surface area (TPSA) is 101 Å². The first-order valence-corrected chi connectivity index (χ1v) is 7.70. The maximum absolute atomic E-state index is 11.8. The Labute approximate surface area is 142 Å². The molecule has 0 unspecified atom stereocenters.